The maximum Gasteiger partial charge on any atom is 0.356 e. The van der Waals surface area contributed by atoms with Crippen molar-refractivity contribution in [3.05, 3.63) is 78.2 Å². The van der Waals surface area contributed by atoms with Gasteiger partial charge in [0.1, 0.15) is 0 Å². The summed E-state index contributed by atoms with van der Waals surface area (Å²) in [6.45, 7) is 0. The van der Waals surface area contributed by atoms with E-state index in [-0.39, 0.29) is 5.69 Å². The summed E-state index contributed by atoms with van der Waals surface area (Å²) in [6, 6.07) is 19.2. The summed E-state index contributed by atoms with van der Waals surface area (Å²) in [5, 5.41) is 9.36. The molecule has 0 unspecified atom stereocenters. The van der Waals surface area contributed by atoms with E-state index in [1.165, 1.54) is 7.11 Å². The van der Waals surface area contributed by atoms with Crippen molar-refractivity contribution >= 4 is 11.7 Å². The maximum absolute atomic E-state index is 11.6. The largest absolute Gasteiger partial charge is 0.464 e. The van der Waals surface area contributed by atoms with Gasteiger partial charge in [-0.15, -0.1) is 0 Å². The van der Waals surface area contributed by atoms with Crippen LogP contribution >= 0.6 is 0 Å². The first-order chi connectivity index (χ1) is 13.2. The first-order valence-electron chi connectivity index (χ1n) is 8.23. The van der Waals surface area contributed by atoms with Crippen LogP contribution in [0.1, 0.15) is 16.1 Å². The van der Waals surface area contributed by atoms with Gasteiger partial charge in [0.05, 0.1) is 30.6 Å². The standard InChI is InChI=1S/C21H14N4O2/c1-27-20(26)18-9-10-25-19(13-23-21(25)24-18)15-7-4-6-14(11-15)17-8-3-2-5-16(17)12-22/h2-11,13H,1H3. The molecule has 0 aliphatic carbocycles. The quantitative estimate of drug-likeness (QED) is 0.524. The monoisotopic (exact) mass is 354 g/mol. The van der Waals surface area contributed by atoms with E-state index in [4.69, 9.17) is 4.74 Å². The summed E-state index contributed by atoms with van der Waals surface area (Å²) in [5.74, 6) is -0.0899. The number of nitriles is 1. The molecule has 0 aliphatic rings. The molecule has 4 rings (SSSR count). The van der Waals surface area contributed by atoms with Crippen LogP contribution in [-0.2, 0) is 4.74 Å². The number of esters is 1. The van der Waals surface area contributed by atoms with Crippen LogP contribution in [0.15, 0.2) is 67.0 Å². The fourth-order valence-electron chi connectivity index (χ4n) is 2.98. The van der Waals surface area contributed by atoms with Gasteiger partial charge in [-0.3, -0.25) is 4.40 Å². The Kier molecular flexibility index (Phi) is 4.11. The van der Waals surface area contributed by atoms with Crippen molar-refractivity contribution in [3.63, 3.8) is 0 Å². The SMILES string of the molecule is COC(=O)c1ccn2c(-c3cccc(-c4ccccc4C#N)c3)cnc2n1. The first-order valence-corrected chi connectivity index (χ1v) is 8.23. The Bertz CT molecular complexity index is 1200. The minimum absolute atomic E-state index is 0.207. The van der Waals surface area contributed by atoms with Gasteiger partial charge in [0.2, 0.25) is 5.78 Å². The molecule has 0 fully saturated rings. The lowest BCUT2D eigenvalue weighted by Crippen LogP contribution is -2.05. The smallest absolute Gasteiger partial charge is 0.356 e. The number of rotatable bonds is 3. The van der Waals surface area contributed by atoms with Gasteiger partial charge in [-0.1, -0.05) is 36.4 Å². The predicted molar refractivity (Wildman–Crippen MR) is 99.9 cm³/mol. The number of carbonyl (C=O) groups excluding carboxylic acids is 1. The highest BCUT2D eigenvalue weighted by Gasteiger charge is 2.13. The molecule has 0 saturated carbocycles. The van der Waals surface area contributed by atoms with Crippen LogP contribution in [0, 0.1) is 11.3 Å². The second kappa shape index (κ2) is 6.73. The van der Waals surface area contributed by atoms with E-state index in [1.807, 2.05) is 46.9 Å². The van der Waals surface area contributed by atoms with Crippen molar-refractivity contribution in [3.8, 4) is 28.5 Å². The fourth-order valence-corrected chi connectivity index (χ4v) is 2.98. The van der Waals surface area contributed by atoms with E-state index in [9.17, 15) is 10.1 Å². The normalized spacial score (nSPS) is 10.5. The molecule has 6 nitrogen and oxygen atoms in total. The number of fused-ring (bicyclic) bond motifs is 1. The van der Waals surface area contributed by atoms with Crippen molar-refractivity contribution in [2.75, 3.05) is 7.11 Å². The van der Waals surface area contributed by atoms with E-state index in [0.717, 1.165) is 22.4 Å². The molecule has 0 radical (unpaired) electrons. The molecule has 0 N–H and O–H groups in total. The summed E-state index contributed by atoms with van der Waals surface area (Å²) in [6.07, 6.45) is 3.45. The third kappa shape index (κ3) is 2.92. The number of carbonyl (C=O) groups is 1. The van der Waals surface area contributed by atoms with Crippen LogP contribution in [0.5, 0.6) is 0 Å². The second-order valence-electron chi connectivity index (χ2n) is 5.86. The predicted octanol–water partition coefficient (Wildman–Crippen LogP) is 3.72. The molecule has 0 aliphatic heterocycles. The molecule has 0 spiro atoms. The Morgan fingerprint density at radius 1 is 1.11 bits per heavy atom. The van der Waals surface area contributed by atoms with Crippen LogP contribution in [0.4, 0.5) is 0 Å². The molecule has 2 aromatic carbocycles. The highest BCUT2D eigenvalue weighted by molar-refractivity contribution is 5.87. The molecule has 0 bridgehead atoms. The molecule has 0 saturated heterocycles. The summed E-state index contributed by atoms with van der Waals surface area (Å²) in [4.78, 5) is 20.2. The van der Waals surface area contributed by atoms with Crippen LogP contribution in [0.2, 0.25) is 0 Å². The lowest BCUT2D eigenvalue weighted by atomic mass is 9.98. The average molecular weight is 354 g/mol. The Hall–Kier alpha value is -3.98. The molecule has 0 atom stereocenters. The number of nitrogens with zero attached hydrogens (tertiary/aromatic N) is 4. The number of hydrogen-bond donors (Lipinski definition) is 0. The van der Waals surface area contributed by atoms with Gasteiger partial charge < -0.3 is 4.74 Å². The molecule has 130 valence electrons. The van der Waals surface area contributed by atoms with Crippen molar-refractivity contribution in [1.82, 2.24) is 14.4 Å². The third-order valence-electron chi connectivity index (χ3n) is 4.29. The third-order valence-corrected chi connectivity index (χ3v) is 4.29. The van der Waals surface area contributed by atoms with Gasteiger partial charge in [0.15, 0.2) is 5.69 Å². The van der Waals surface area contributed by atoms with Crippen molar-refractivity contribution in [2.45, 2.75) is 0 Å². The zero-order chi connectivity index (χ0) is 18.8. The summed E-state index contributed by atoms with van der Waals surface area (Å²) < 4.78 is 6.51. The lowest BCUT2D eigenvalue weighted by molar-refractivity contribution is 0.0594. The van der Waals surface area contributed by atoms with E-state index in [0.29, 0.717) is 11.3 Å². The summed E-state index contributed by atoms with van der Waals surface area (Å²) >= 11 is 0. The number of methoxy groups -OCH3 is 1. The van der Waals surface area contributed by atoms with Gasteiger partial charge in [-0.25, -0.2) is 14.8 Å². The average Bonchev–Trinajstić information content (AvgIpc) is 3.16. The molecular weight excluding hydrogens is 340 g/mol. The van der Waals surface area contributed by atoms with Crippen molar-refractivity contribution in [1.29, 1.82) is 5.26 Å². The Labute approximate surface area is 155 Å². The topological polar surface area (TPSA) is 80.3 Å². The van der Waals surface area contributed by atoms with Gasteiger partial charge in [0, 0.05) is 11.8 Å². The molecule has 27 heavy (non-hydrogen) atoms. The number of ether oxygens (including phenoxy) is 1. The molecule has 2 aromatic heterocycles. The summed E-state index contributed by atoms with van der Waals surface area (Å²) in [7, 11) is 1.32. The zero-order valence-corrected chi connectivity index (χ0v) is 14.5. The number of imidazole rings is 1. The Morgan fingerprint density at radius 2 is 1.93 bits per heavy atom. The molecule has 0 amide bonds. The minimum atomic E-state index is -0.503. The van der Waals surface area contributed by atoms with Crippen molar-refractivity contribution in [2.24, 2.45) is 0 Å². The van der Waals surface area contributed by atoms with E-state index < -0.39 is 5.97 Å². The van der Waals surface area contributed by atoms with Gasteiger partial charge >= 0.3 is 5.97 Å². The number of aromatic nitrogens is 3. The van der Waals surface area contributed by atoms with Crippen LogP contribution in [0.3, 0.4) is 0 Å². The van der Waals surface area contributed by atoms with E-state index in [2.05, 4.69) is 16.0 Å². The van der Waals surface area contributed by atoms with E-state index in [1.54, 1.807) is 24.5 Å². The molecule has 6 heteroatoms. The molecule has 4 aromatic rings. The van der Waals surface area contributed by atoms with Crippen LogP contribution < -0.4 is 0 Å². The Morgan fingerprint density at radius 3 is 2.74 bits per heavy atom. The van der Waals surface area contributed by atoms with E-state index >= 15 is 0 Å². The zero-order valence-electron chi connectivity index (χ0n) is 14.5. The highest BCUT2D eigenvalue weighted by Crippen LogP contribution is 2.28. The fraction of sp³-hybridized carbons (Fsp3) is 0.0476. The summed E-state index contributed by atoms with van der Waals surface area (Å²) in [5.41, 5.74) is 4.42. The van der Waals surface area contributed by atoms with Gasteiger partial charge in [0.25, 0.3) is 0 Å². The minimum Gasteiger partial charge on any atom is -0.464 e. The maximum atomic E-state index is 11.6. The Balaban J connectivity index is 1.81. The van der Waals surface area contributed by atoms with Crippen molar-refractivity contribution < 1.29 is 9.53 Å². The highest BCUT2D eigenvalue weighted by atomic mass is 16.5. The molecule has 2 heterocycles. The van der Waals surface area contributed by atoms with Crippen LogP contribution in [-0.4, -0.2) is 27.4 Å². The second-order valence-corrected chi connectivity index (χ2v) is 5.86. The first kappa shape index (κ1) is 16.5. The lowest BCUT2D eigenvalue weighted by Gasteiger charge is -2.07. The van der Waals surface area contributed by atoms with Gasteiger partial charge in [-0.05, 0) is 29.3 Å². The van der Waals surface area contributed by atoms with Gasteiger partial charge in [-0.2, -0.15) is 5.26 Å². The molecular formula is C21H14N4O2. The number of benzene rings is 2. The van der Waals surface area contributed by atoms with Crippen LogP contribution in [0.25, 0.3) is 28.2 Å². The number of hydrogen-bond acceptors (Lipinski definition) is 5.